The molecule has 0 saturated heterocycles. The molecule has 0 aliphatic rings. The second kappa shape index (κ2) is 7.40. The summed E-state index contributed by atoms with van der Waals surface area (Å²) in [6.07, 6.45) is 1.45. The average molecular weight is 267 g/mol. The van der Waals surface area contributed by atoms with Crippen molar-refractivity contribution in [2.75, 3.05) is 44.0 Å². The minimum atomic E-state index is -0.0596. The molecule has 1 rings (SSSR count). The third kappa shape index (κ3) is 3.97. The number of nitrogens with zero attached hydrogens (tertiary/aromatic N) is 3. The van der Waals surface area contributed by atoms with Crippen LogP contribution in [-0.2, 0) is 4.79 Å². The van der Waals surface area contributed by atoms with Crippen LogP contribution >= 0.6 is 0 Å². The van der Waals surface area contributed by atoms with Crippen LogP contribution in [0.2, 0.25) is 0 Å². The summed E-state index contributed by atoms with van der Waals surface area (Å²) in [5.41, 5.74) is 0. The van der Waals surface area contributed by atoms with E-state index in [1.54, 1.807) is 19.1 Å². The lowest BCUT2D eigenvalue weighted by Crippen LogP contribution is -2.35. The number of hydrogen-bond acceptors (Lipinski definition) is 6. The first kappa shape index (κ1) is 15.0. The summed E-state index contributed by atoms with van der Waals surface area (Å²) in [5.74, 6) is 1.68. The SMILES string of the molecule is CCNC(=O)CN(C)c1ncnc(NCC)c1OC. The maximum absolute atomic E-state index is 11.6. The van der Waals surface area contributed by atoms with Gasteiger partial charge in [-0.2, -0.15) is 0 Å². The molecule has 0 aromatic carbocycles. The van der Waals surface area contributed by atoms with E-state index in [-0.39, 0.29) is 12.5 Å². The van der Waals surface area contributed by atoms with E-state index in [0.717, 1.165) is 6.54 Å². The molecular weight excluding hydrogens is 246 g/mol. The van der Waals surface area contributed by atoms with Crippen LogP contribution in [0.25, 0.3) is 0 Å². The highest BCUT2D eigenvalue weighted by Gasteiger charge is 2.17. The Morgan fingerprint density at radius 2 is 2.11 bits per heavy atom. The van der Waals surface area contributed by atoms with E-state index in [2.05, 4.69) is 20.6 Å². The molecule has 0 atom stereocenters. The van der Waals surface area contributed by atoms with E-state index in [9.17, 15) is 4.79 Å². The fourth-order valence-electron chi connectivity index (χ4n) is 1.66. The summed E-state index contributed by atoms with van der Waals surface area (Å²) in [5, 5.41) is 5.84. The van der Waals surface area contributed by atoms with Crippen molar-refractivity contribution in [2.24, 2.45) is 0 Å². The van der Waals surface area contributed by atoms with E-state index in [1.165, 1.54) is 6.33 Å². The molecule has 1 aromatic rings. The van der Waals surface area contributed by atoms with Crippen molar-refractivity contribution in [3.05, 3.63) is 6.33 Å². The van der Waals surface area contributed by atoms with Crippen molar-refractivity contribution in [1.82, 2.24) is 15.3 Å². The van der Waals surface area contributed by atoms with Gasteiger partial charge in [-0.3, -0.25) is 4.79 Å². The van der Waals surface area contributed by atoms with E-state index in [0.29, 0.717) is 23.9 Å². The zero-order chi connectivity index (χ0) is 14.3. The molecule has 0 radical (unpaired) electrons. The van der Waals surface area contributed by atoms with Gasteiger partial charge in [-0.25, -0.2) is 9.97 Å². The van der Waals surface area contributed by atoms with Gasteiger partial charge in [0.1, 0.15) is 6.33 Å². The minimum Gasteiger partial charge on any atom is -0.490 e. The number of aromatic nitrogens is 2. The van der Waals surface area contributed by atoms with E-state index in [1.807, 2.05) is 13.8 Å². The minimum absolute atomic E-state index is 0.0596. The van der Waals surface area contributed by atoms with Crippen molar-refractivity contribution in [3.8, 4) is 5.75 Å². The maximum Gasteiger partial charge on any atom is 0.239 e. The maximum atomic E-state index is 11.6. The summed E-state index contributed by atoms with van der Waals surface area (Å²) in [7, 11) is 3.35. The van der Waals surface area contributed by atoms with E-state index in [4.69, 9.17) is 4.74 Å². The zero-order valence-electron chi connectivity index (χ0n) is 11.9. The summed E-state index contributed by atoms with van der Waals surface area (Å²) >= 11 is 0. The van der Waals surface area contributed by atoms with Gasteiger partial charge in [-0.05, 0) is 13.8 Å². The Balaban J connectivity index is 2.92. The lowest BCUT2D eigenvalue weighted by atomic mass is 10.4. The number of ether oxygens (including phenoxy) is 1. The molecule has 0 unspecified atom stereocenters. The zero-order valence-corrected chi connectivity index (χ0v) is 11.9. The van der Waals surface area contributed by atoms with E-state index < -0.39 is 0 Å². The number of hydrogen-bond donors (Lipinski definition) is 2. The Hall–Kier alpha value is -2.05. The van der Waals surface area contributed by atoms with Gasteiger partial charge >= 0.3 is 0 Å². The van der Waals surface area contributed by atoms with Gasteiger partial charge in [0, 0.05) is 20.1 Å². The Labute approximate surface area is 113 Å². The molecule has 0 aliphatic carbocycles. The standard InChI is InChI=1S/C12H21N5O2/c1-5-13-9(18)7-17(3)12-10(19-4)11(14-6-2)15-8-16-12/h8H,5-7H2,1-4H3,(H,13,18)(H,14,15,16). The molecule has 1 heterocycles. The van der Waals surface area contributed by atoms with Crippen molar-refractivity contribution in [1.29, 1.82) is 0 Å². The van der Waals surface area contributed by atoms with Crippen LogP contribution in [0.4, 0.5) is 11.6 Å². The second-order valence-electron chi connectivity index (χ2n) is 3.92. The summed E-state index contributed by atoms with van der Waals surface area (Å²) < 4.78 is 5.33. The fourth-order valence-corrected chi connectivity index (χ4v) is 1.66. The van der Waals surface area contributed by atoms with Crippen molar-refractivity contribution >= 4 is 17.5 Å². The highest BCUT2D eigenvalue weighted by Crippen LogP contribution is 2.30. The molecule has 1 aromatic heterocycles. The number of carbonyl (C=O) groups is 1. The summed E-state index contributed by atoms with van der Waals surface area (Å²) in [4.78, 5) is 21.6. The Bertz CT molecular complexity index is 425. The molecular formula is C12H21N5O2. The van der Waals surface area contributed by atoms with Gasteiger partial charge in [0.05, 0.1) is 13.7 Å². The number of carbonyl (C=O) groups excluding carboxylic acids is 1. The van der Waals surface area contributed by atoms with Gasteiger partial charge < -0.3 is 20.3 Å². The molecule has 0 bridgehead atoms. The molecule has 0 spiro atoms. The van der Waals surface area contributed by atoms with Gasteiger partial charge in [-0.15, -0.1) is 0 Å². The normalized spacial score (nSPS) is 9.89. The molecule has 2 N–H and O–H groups in total. The van der Waals surface area contributed by atoms with Crippen LogP contribution in [-0.4, -0.2) is 49.7 Å². The molecule has 1 amide bonds. The largest absolute Gasteiger partial charge is 0.490 e. The number of rotatable bonds is 7. The third-order valence-corrected chi connectivity index (χ3v) is 2.45. The lowest BCUT2D eigenvalue weighted by Gasteiger charge is -2.21. The second-order valence-corrected chi connectivity index (χ2v) is 3.92. The molecule has 19 heavy (non-hydrogen) atoms. The molecule has 106 valence electrons. The fraction of sp³-hybridized carbons (Fsp3) is 0.583. The molecule has 0 aliphatic heterocycles. The predicted octanol–water partition coefficient (Wildman–Crippen LogP) is 0.489. The molecule has 7 heteroatoms. The van der Waals surface area contributed by atoms with Crippen LogP contribution in [0.1, 0.15) is 13.8 Å². The Kier molecular flexibility index (Phi) is 5.84. The molecule has 7 nitrogen and oxygen atoms in total. The molecule has 0 saturated carbocycles. The van der Waals surface area contributed by atoms with Crippen LogP contribution in [0, 0.1) is 0 Å². The van der Waals surface area contributed by atoms with Crippen molar-refractivity contribution < 1.29 is 9.53 Å². The van der Waals surface area contributed by atoms with Gasteiger partial charge in [0.2, 0.25) is 11.7 Å². The van der Waals surface area contributed by atoms with Crippen LogP contribution in [0.5, 0.6) is 5.75 Å². The Morgan fingerprint density at radius 3 is 2.68 bits per heavy atom. The number of amides is 1. The number of likely N-dealkylation sites (N-methyl/N-ethyl adjacent to an activating group) is 2. The predicted molar refractivity (Wildman–Crippen MR) is 74.7 cm³/mol. The number of methoxy groups -OCH3 is 1. The van der Waals surface area contributed by atoms with Gasteiger partial charge in [0.15, 0.2) is 11.6 Å². The van der Waals surface area contributed by atoms with Crippen molar-refractivity contribution in [2.45, 2.75) is 13.8 Å². The van der Waals surface area contributed by atoms with E-state index >= 15 is 0 Å². The smallest absolute Gasteiger partial charge is 0.239 e. The van der Waals surface area contributed by atoms with Crippen LogP contribution in [0.15, 0.2) is 6.33 Å². The van der Waals surface area contributed by atoms with Crippen LogP contribution < -0.4 is 20.3 Å². The van der Waals surface area contributed by atoms with Gasteiger partial charge in [0.25, 0.3) is 0 Å². The highest BCUT2D eigenvalue weighted by molar-refractivity contribution is 5.81. The highest BCUT2D eigenvalue weighted by atomic mass is 16.5. The number of nitrogens with one attached hydrogen (secondary N) is 2. The van der Waals surface area contributed by atoms with Crippen LogP contribution in [0.3, 0.4) is 0 Å². The van der Waals surface area contributed by atoms with Gasteiger partial charge in [-0.1, -0.05) is 0 Å². The summed E-state index contributed by atoms with van der Waals surface area (Å²) in [6.45, 7) is 5.40. The summed E-state index contributed by atoms with van der Waals surface area (Å²) in [6, 6.07) is 0. The van der Waals surface area contributed by atoms with Crippen molar-refractivity contribution in [3.63, 3.8) is 0 Å². The quantitative estimate of drug-likeness (QED) is 0.748. The first-order valence-corrected chi connectivity index (χ1v) is 6.24. The topological polar surface area (TPSA) is 79.4 Å². The monoisotopic (exact) mass is 267 g/mol. The first-order chi connectivity index (χ1) is 9.13. The first-order valence-electron chi connectivity index (χ1n) is 6.24. The number of anilines is 2. The molecule has 0 fully saturated rings. The average Bonchev–Trinajstić information content (AvgIpc) is 2.39. The third-order valence-electron chi connectivity index (χ3n) is 2.45. The Morgan fingerprint density at radius 1 is 1.37 bits per heavy atom. The lowest BCUT2D eigenvalue weighted by molar-refractivity contribution is -0.119.